The topological polar surface area (TPSA) is 106 Å². The molecule has 2 atom stereocenters. The molecule has 0 saturated heterocycles. The predicted molar refractivity (Wildman–Crippen MR) is 67.6 cm³/mol. The van der Waals surface area contributed by atoms with Crippen LogP contribution >= 0.6 is 0 Å². The van der Waals surface area contributed by atoms with Crippen molar-refractivity contribution in [2.24, 2.45) is 5.92 Å². The second-order valence-corrected chi connectivity index (χ2v) is 4.79. The van der Waals surface area contributed by atoms with Gasteiger partial charge in [-0.2, -0.15) is 10.2 Å². The van der Waals surface area contributed by atoms with Crippen LogP contribution in [0.1, 0.15) is 23.8 Å². The van der Waals surface area contributed by atoms with E-state index in [1.54, 1.807) is 6.07 Å². The lowest BCUT2D eigenvalue weighted by molar-refractivity contribution is -0.384. The highest BCUT2D eigenvalue weighted by atomic mass is 16.6. The van der Waals surface area contributed by atoms with E-state index in [0.29, 0.717) is 17.3 Å². The maximum absolute atomic E-state index is 10.8. The van der Waals surface area contributed by atoms with Crippen LogP contribution in [0.3, 0.4) is 0 Å². The van der Waals surface area contributed by atoms with Gasteiger partial charge in [0.25, 0.3) is 5.69 Å². The van der Waals surface area contributed by atoms with Crippen LogP contribution in [0, 0.1) is 34.3 Å². The van der Waals surface area contributed by atoms with Gasteiger partial charge >= 0.3 is 0 Å². The quantitative estimate of drug-likeness (QED) is 0.626. The molecule has 7 nitrogen and oxygen atoms in total. The highest BCUT2D eigenvalue weighted by Gasteiger charge is 2.43. The van der Waals surface area contributed by atoms with E-state index in [1.165, 1.54) is 12.1 Å². The molecule has 0 spiro atoms. The van der Waals surface area contributed by atoms with E-state index >= 15 is 0 Å². The molecule has 1 saturated carbocycles. The summed E-state index contributed by atoms with van der Waals surface area (Å²) in [7, 11) is 0. The fraction of sp³-hybridized carbons (Fsp3) is 0.308. The second-order valence-electron chi connectivity index (χ2n) is 4.79. The van der Waals surface area contributed by atoms with Crippen LogP contribution in [0.4, 0.5) is 5.69 Å². The summed E-state index contributed by atoms with van der Waals surface area (Å²) < 4.78 is 5.15. The molecule has 7 heteroatoms. The molecule has 0 radical (unpaired) electrons. The minimum Gasteiger partial charge on any atom is -0.339 e. The molecule has 1 fully saturated rings. The number of nitro benzene ring substituents is 1. The average Bonchev–Trinajstić information content (AvgIpc) is 3.07. The Bertz CT molecular complexity index is 731. The standard InChI is InChI=1S/C13H10N4O3/c1-7-2-3-9(17(18)19)5-10(7)12-15-13(20-16-12)11-4-8(11)6-14/h2-3,5,8,11H,4H2,1H3. The van der Waals surface area contributed by atoms with Gasteiger partial charge in [0.1, 0.15) is 0 Å². The van der Waals surface area contributed by atoms with Crippen LogP contribution in [0.15, 0.2) is 22.7 Å². The van der Waals surface area contributed by atoms with Crippen molar-refractivity contribution in [3.05, 3.63) is 39.8 Å². The molecule has 0 bridgehead atoms. The largest absolute Gasteiger partial charge is 0.339 e. The minimum absolute atomic E-state index is 0.000235. The number of benzene rings is 1. The fourth-order valence-corrected chi connectivity index (χ4v) is 2.07. The summed E-state index contributed by atoms with van der Waals surface area (Å²) in [6.07, 6.45) is 0.728. The number of non-ortho nitro benzene ring substituents is 1. The van der Waals surface area contributed by atoms with Crippen molar-refractivity contribution < 1.29 is 9.45 Å². The zero-order valence-corrected chi connectivity index (χ0v) is 10.6. The lowest BCUT2D eigenvalue weighted by Crippen LogP contribution is -1.92. The van der Waals surface area contributed by atoms with E-state index < -0.39 is 4.92 Å². The molecule has 2 unspecified atom stereocenters. The van der Waals surface area contributed by atoms with E-state index in [1.807, 2.05) is 6.92 Å². The van der Waals surface area contributed by atoms with Crippen molar-refractivity contribution in [1.29, 1.82) is 5.26 Å². The second kappa shape index (κ2) is 4.42. The van der Waals surface area contributed by atoms with Gasteiger partial charge in [0.05, 0.1) is 22.8 Å². The smallest absolute Gasteiger partial charge is 0.270 e. The molecule has 100 valence electrons. The number of nitro groups is 1. The van der Waals surface area contributed by atoms with Crippen molar-refractivity contribution in [3.63, 3.8) is 0 Å². The summed E-state index contributed by atoms with van der Waals surface area (Å²) >= 11 is 0. The Kier molecular flexibility index (Phi) is 2.71. The SMILES string of the molecule is Cc1ccc([N+](=O)[O-])cc1-c1noc(C2CC2C#N)n1. The highest BCUT2D eigenvalue weighted by molar-refractivity contribution is 5.63. The van der Waals surface area contributed by atoms with Gasteiger partial charge in [-0.05, 0) is 18.9 Å². The number of nitriles is 1. The van der Waals surface area contributed by atoms with Crippen LogP contribution in [0.2, 0.25) is 0 Å². The Morgan fingerprint density at radius 2 is 2.35 bits per heavy atom. The summed E-state index contributed by atoms with van der Waals surface area (Å²) in [5, 5.41) is 23.5. The first-order chi connectivity index (χ1) is 9.60. The monoisotopic (exact) mass is 270 g/mol. The molecule has 1 aromatic heterocycles. The number of aryl methyl sites for hydroxylation is 1. The van der Waals surface area contributed by atoms with E-state index in [-0.39, 0.29) is 17.5 Å². The summed E-state index contributed by atoms with van der Waals surface area (Å²) in [4.78, 5) is 14.6. The van der Waals surface area contributed by atoms with Gasteiger partial charge in [-0.25, -0.2) is 0 Å². The molecule has 1 aliphatic carbocycles. The Hall–Kier alpha value is -2.75. The molecule has 20 heavy (non-hydrogen) atoms. The summed E-state index contributed by atoms with van der Waals surface area (Å²) in [6.45, 7) is 1.82. The summed E-state index contributed by atoms with van der Waals surface area (Å²) in [5.74, 6) is 0.692. The van der Waals surface area contributed by atoms with E-state index in [2.05, 4.69) is 16.2 Å². The van der Waals surface area contributed by atoms with Crippen LogP contribution < -0.4 is 0 Å². The number of aromatic nitrogens is 2. The third kappa shape index (κ3) is 2.01. The van der Waals surface area contributed by atoms with Crippen molar-refractivity contribution in [3.8, 4) is 17.5 Å². The van der Waals surface area contributed by atoms with E-state index in [4.69, 9.17) is 9.78 Å². The Morgan fingerprint density at radius 1 is 1.55 bits per heavy atom. The molecular formula is C13H10N4O3. The number of nitrogens with zero attached hydrogens (tertiary/aromatic N) is 4. The van der Waals surface area contributed by atoms with E-state index in [9.17, 15) is 10.1 Å². The first kappa shape index (κ1) is 12.3. The van der Waals surface area contributed by atoms with Crippen molar-refractivity contribution in [2.45, 2.75) is 19.3 Å². The third-order valence-electron chi connectivity index (χ3n) is 3.39. The molecule has 0 N–H and O–H groups in total. The Morgan fingerprint density at radius 3 is 3.00 bits per heavy atom. The van der Waals surface area contributed by atoms with Crippen LogP contribution in [0.25, 0.3) is 11.4 Å². The first-order valence-electron chi connectivity index (χ1n) is 6.09. The van der Waals surface area contributed by atoms with Crippen LogP contribution in [-0.4, -0.2) is 15.1 Å². The van der Waals surface area contributed by atoms with Gasteiger partial charge < -0.3 is 4.52 Å². The Balaban J connectivity index is 1.95. The minimum atomic E-state index is -0.462. The maximum Gasteiger partial charge on any atom is 0.270 e. The van der Waals surface area contributed by atoms with Crippen LogP contribution in [-0.2, 0) is 0 Å². The van der Waals surface area contributed by atoms with Gasteiger partial charge in [-0.15, -0.1) is 0 Å². The van der Waals surface area contributed by atoms with Gasteiger partial charge in [0.15, 0.2) is 0 Å². The normalized spacial score (nSPS) is 20.4. The molecule has 2 aromatic rings. The molecular weight excluding hydrogens is 260 g/mol. The van der Waals surface area contributed by atoms with Crippen molar-refractivity contribution in [2.75, 3.05) is 0 Å². The summed E-state index contributed by atoms with van der Waals surface area (Å²) in [5.41, 5.74) is 1.39. The highest BCUT2D eigenvalue weighted by Crippen LogP contribution is 2.46. The van der Waals surface area contributed by atoms with Crippen molar-refractivity contribution >= 4 is 5.69 Å². The number of hydrogen-bond donors (Lipinski definition) is 0. The average molecular weight is 270 g/mol. The predicted octanol–water partition coefficient (Wildman–Crippen LogP) is 2.58. The van der Waals surface area contributed by atoms with Gasteiger partial charge in [-0.1, -0.05) is 11.2 Å². The lowest BCUT2D eigenvalue weighted by Gasteiger charge is -2.00. The molecule has 3 rings (SSSR count). The molecule has 1 aliphatic rings. The van der Waals surface area contributed by atoms with Crippen molar-refractivity contribution in [1.82, 2.24) is 10.1 Å². The van der Waals surface area contributed by atoms with Gasteiger partial charge in [-0.3, -0.25) is 10.1 Å². The first-order valence-corrected chi connectivity index (χ1v) is 6.09. The maximum atomic E-state index is 10.8. The van der Waals surface area contributed by atoms with E-state index in [0.717, 1.165) is 12.0 Å². The molecule has 0 amide bonds. The lowest BCUT2D eigenvalue weighted by atomic mass is 10.1. The third-order valence-corrected chi connectivity index (χ3v) is 3.39. The fourth-order valence-electron chi connectivity index (χ4n) is 2.07. The molecule has 0 aliphatic heterocycles. The summed E-state index contributed by atoms with van der Waals surface area (Å²) in [6, 6.07) is 6.67. The molecule has 1 heterocycles. The molecule has 1 aromatic carbocycles. The zero-order chi connectivity index (χ0) is 14.3. The Labute approximate surface area is 114 Å². The zero-order valence-electron chi connectivity index (χ0n) is 10.6. The van der Waals surface area contributed by atoms with Gasteiger partial charge in [0.2, 0.25) is 11.7 Å². The van der Waals surface area contributed by atoms with Crippen LogP contribution in [0.5, 0.6) is 0 Å². The number of hydrogen-bond acceptors (Lipinski definition) is 6. The van der Waals surface area contributed by atoms with Gasteiger partial charge in [0, 0.05) is 17.7 Å². The number of rotatable bonds is 3.